The molecule has 1 atom stereocenters. The highest BCUT2D eigenvalue weighted by atomic mass is 32.2. The van der Waals surface area contributed by atoms with Gasteiger partial charge in [0.05, 0.1) is 22.4 Å². The maximum atomic E-state index is 13.4. The number of thiophene rings is 1. The molecule has 29 heavy (non-hydrogen) atoms. The lowest BCUT2D eigenvalue weighted by Crippen LogP contribution is -2.34. The molecule has 0 saturated carbocycles. The lowest BCUT2D eigenvalue weighted by atomic mass is 10.0. The Kier molecular flexibility index (Phi) is 6.62. The topological polar surface area (TPSA) is 35.9 Å². The Labute approximate surface area is 183 Å². The van der Waals surface area contributed by atoms with Gasteiger partial charge in [-0.2, -0.15) is 5.10 Å². The minimum absolute atomic E-state index is 0.0739. The predicted octanol–water partition coefficient (Wildman–Crippen LogP) is 5.07. The summed E-state index contributed by atoms with van der Waals surface area (Å²) in [5.41, 5.74) is 1.78. The molecule has 8 heteroatoms. The maximum absolute atomic E-state index is 13.4. The molecule has 0 spiro atoms. The number of likely N-dealkylation sites (tertiary alicyclic amines) is 1. The number of hydrogen-bond donors (Lipinski definition) is 0. The minimum Gasteiger partial charge on any atom is -0.358 e. The van der Waals surface area contributed by atoms with Gasteiger partial charge in [0.1, 0.15) is 10.1 Å². The summed E-state index contributed by atoms with van der Waals surface area (Å²) in [6.07, 6.45) is 4.18. The molecule has 2 aliphatic heterocycles. The van der Waals surface area contributed by atoms with Gasteiger partial charge in [-0.3, -0.25) is 4.79 Å². The maximum Gasteiger partial charge on any atom is 0.253 e. The summed E-state index contributed by atoms with van der Waals surface area (Å²) < 4.78 is 14.2. The van der Waals surface area contributed by atoms with Crippen LogP contribution in [-0.2, 0) is 4.79 Å². The van der Waals surface area contributed by atoms with Crippen LogP contribution in [0.1, 0.15) is 42.2 Å². The van der Waals surface area contributed by atoms with Crippen molar-refractivity contribution in [3.05, 3.63) is 58.0 Å². The molecule has 4 rings (SSSR count). The van der Waals surface area contributed by atoms with Crippen molar-refractivity contribution in [3.63, 3.8) is 0 Å². The number of carbonyl (C=O) groups excluding carboxylic acids is 1. The molecule has 1 saturated heterocycles. The SMILES string of the molecule is O=C(CSC(=S)N1CCCCC1)N1N=C(c2cccs2)C[C@@H]1c1ccc(F)cc1. The second kappa shape index (κ2) is 9.36. The molecule has 2 aromatic rings. The van der Waals surface area contributed by atoms with E-state index in [-0.39, 0.29) is 23.5 Å². The van der Waals surface area contributed by atoms with Crippen molar-refractivity contribution in [1.29, 1.82) is 0 Å². The summed E-state index contributed by atoms with van der Waals surface area (Å²) in [7, 11) is 0. The van der Waals surface area contributed by atoms with Gasteiger partial charge in [-0.1, -0.05) is 42.2 Å². The molecule has 4 nitrogen and oxygen atoms in total. The molecule has 0 radical (unpaired) electrons. The highest BCUT2D eigenvalue weighted by Crippen LogP contribution is 2.34. The summed E-state index contributed by atoms with van der Waals surface area (Å²) in [5, 5.41) is 8.21. The second-order valence-electron chi connectivity index (χ2n) is 7.14. The molecule has 1 fully saturated rings. The molecule has 1 aromatic carbocycles. The fraction of sp³-hybridized carbons (Fsp3) is 0.381. The zero-order valence-corrected chi connectivity index (χ0v) is 18.4. The Morgan fingerprint density at radius 1 is 1.21 bits per heavy atom. The number of nitrogens with zero attached hydrogens (tertiary/aromatic N) is 3. The number of carbonyl (C=O) groups is 1. The smallest absolute Gasteiger partial charge is 0.253 e. The Balaban J connectivity index is 1.48. The van der Waals surface area contributed by atoms with Gasteiger partial charge >= 0.3 is 0 Å². The van der Waals surface area contributed by atoms with Crippen molar-refractivity contribution in [3.8, 4) is 0 Å². The van der Waals surface area contributed by atoms with Crippen LogP contribution in [0.2, 0.25) is 0 Å². The van der Waals surface area contributed by atoms with Crippen molar-refractivity contribution in [2.75, 3.05) is 18.8 Å². The zero-order valence-electron chi connectivity index (χ0n) is 15.9. The van der Waals surface area contributed by atoms with Gasteiger partial charge in [0.2, 0.25) is 0 Å². The second-order valence-corrected chi connectivity index (χ2v) is 9.69. The van der Waals surface area contributed by atoms with Crippen LogP contribution in [0, 0.1) is 5.82 Å². The number of halogens is 1. The first-order chi connectivity index (χ1) is 14.1. The van der Waals surface area contributed by atoms with E-state index in [9.17, 15) is 9.18 Å². The van der Waals surface area contributed by atoms with E-state index in [1.807, 2.05) is 17.5 Å². The normalized spacial score (nSPS) is 19.3. The molecular weight excluding hydrogens is 425 g/mol. The third-order valence-electron chi connectivity index (χ3n) is 5.16. The number of thiocarbonyl (C=S) groups is 1. The molecule has 0 unspecified atom stereocenters. The number of amides is 1. The van der Waals surface area contributed by atoms with E-state index in [2.05, 4.69) is 10.0 Å². The van der Waals surface area contributed by atoms with Crippen LogP contribution in [0.25, 0.3) is 0 Å². The third-order valence-corrected chi connectivity index (χ3v) is 7.59. The van der Waals surface area contributed by atoms with Crippen LogP contribution >= 0.6 is 35.3 Å². The van der Waals surface area contributed by atoms with Crippen molar-refractivity contribution in [2.45, 2.75) is 31.7 Å². The van der Waals surface area contributed by atoms with Gasteiger partial charge in [0, 0.05) is 19.5 Å². The molecule has 3 heterocycles. The molecule has 0 aliphatic carbocycles. The van der Waals surface area contributed by atoms with E-state index in [1.165, 1.54) is 30.3 Å². The number of thioether (sulfide) groups is 1. The Bertz CT molecular complexity index is 892. The first kappa shape index (κ1) is 20.5. The molecule has 0 bridgehead atoms. The molecule has 1 amide bonds. The highest BCUT2D eigenvalue weighted by molar-refractivity contribution is 8.23. The van der Waals surface area contributed by atoms with Gasteiger partial charge in [-0.15, -0.1) is 11.3 Å². The molecule has 1 aromatic heterocycles. The van der Waals surface area contributed by atoms with Gasteiger partial charge in [0.15, 0.2) is 0 Å². The Hall–Kier alpha value is -1.77. The van der Waals surface area contributed by atoms with Crippen molar-refractivity contribution < 1.29 is 9.18 Å². The Morgan fingerprint density at radius 3 is 2.66 bits per heavy atom. The van der Waals surface area contributed by atoms with Gasteiger partial charge < -0.3 is 4.90 Å². The van der Waals surface area contributed by atoms with Crippen LogP contribution < -0.4 is 0 Å². The van der Waals surface area contributed by atoms with Crippen molar-refractivity contribution >= 4 is 51.3 Å². The van der Waals surface area contributed by atoms with Crippen molar-refractivity contribution in [1.82, 2.24) is 9.91 Å². The van der Waals surface area contributed by atoms with Crippen LogP contribution in [0.5, 0.6) is 0 Å². The fourth-order valence-electron chi connectivity index (χ4n) is 3.63. The number of hydrogen-bond acceptors (Lipinski definition) is 5. The third kappa shape index (κ3) is 4.87. The van der Waals surface area contributed by atoms with E-state index in [1.54, 1.807) is 28.5 Å². The molecule has 152 valence electrons. The average molecular weight is 448 g/mol. The largest absolute Gasteiger partial charge is 0.358 e. The molecular formula is C21H22FN3OS3. The lowest BCUT2D eigenvalue weighted by Gasteiger charge is -2.29. The monoisotopic (exact) mass is 447 g/mol. The standard InChI is InChI=1S/C21H22FN3OS3/c22-16-8-6-15(7-9-16)18-13-17(19-5-4-12-28-19)23-25(18)20(26)14-29-21(27)24-10-2-1-3-11-24/h4-9,12,18H,1-3,10-11,13-14H2/t18-/m1/s1. The quantitative estimate of drug-likeness (QED) is 0.613. The van der Waals surface area contributed by atoms with Crippen LogP contribution in [0.15, 0.2) is 46.9 Å². The van der Waals surface area contributed by atoms with Crippen LogP contribution in [0.3, 0.4) is 0 Å². The first-order valence-corrected chi connectivity index (χ1v) is 12.0. The number of piperidine rings is 1. The average Bonchev–Trinajstić information content (AvgIpc) is 3.43. The molecule has 0 N–H and O–H groups in total. The van der Waals surface area contributed by atoms with E-state index in [0.29, 0.717) is 6.42 Å². The summed E-state index contributed by atoms with van der Waals surface area (Å²) in [5.74, 6) is -0.101. The Morgan fingerprint density at radius 2 is 1.97 bits per heavy atom. The number of hydrazone groups is 1. The van der Waals surface area contributed by atoms with Gasteiger partial charge in [-0.25, -0.2) is 9.40 Å². The lowest BCUT2D eigenvalue weighted by molar-refractivity contribution is -0.130. The number of benzene rings is 1. The minimum atomic E-state index is -0.286. The summed E-state index contributed by atoms with van der Waals surface area (Å²) in [4.78, 5) is 16.3. The molecule has 2 aliphatic rings. The highest BCUT2D eigenvalue weighted by Gasteiger charge is 2.33. The summed E-state index contributed by atoms with van der Waals surface area (Å²) >= 11 is 8.56. The summed E-state index contributed by atoms with van der Waals surface area (Å²) in [6.45, 7) is 1.95. The van der Waals surface area contributed by atoms with Crippen molar-refractivity contribution in [2.24, 2.45) is 5.10 Å². The fourth-order valence-corrected chi connectivity index (χ4v) is 5.46. The van der Waals surface area contributed by atoms with Gasteiger partial charge in [0.25, 0.3) is 5.91 Å². The van der Waals surface area contributed by atoms with Gasteiger partial charge in [-0.05, 0) is 48.4 Å². The van der Waals surface area contributed by atoms with E-state index >= 15 is 0 Å². The first-order valence-electron chi connectivity index (χ1n) is 9.72. The van der Waals surface area contributed by atoms with E-state index in [0.717, 1.165) is 46.4 Å². The van der Waals surface area contributed by atoms with E-state index < -0.39 is 0 Å². The van der Waals surface area contributed by atoms with Crippen LogP contribution in [-0.4, -0.2) is 44.7 Å². The predicted molar refractivity (Wildman–Crippen MR) is 122 cm³/mol. The summed E-state index contributed by atoms with van der Waals surface area (Å²) in [6, 6.07) is 10.1. The zero-order chi connectivity index (χ0) is 20.2. The van der Waals surface area contributed by atoms with E-state index in [4.69, 9.17) is 12.2 Å². The number of rotatable bonds is 4. The van der Waals surface area contributed by atoms with Crippen LogP contribution in [0.4, 0.5) is 4.39 Å².